The Kier molecular flexibility index (Phi) is 5.42. The van der Waals surface area contributed by atoms with E-state index >= 15 is 0 Å². The zero-order valence-electron chi connectivity index (χ0n) is 11.1. The first kappa shape index (κ1) is 14.0. The third kappa shape index (κ3) is 4.34. The average molecular weight is 249 g/mol. The molecule has 3 heteroatoms. The largest absolute Gasteiger partial charge is 0.462 e. The minimum absolute atomic E-state index is 0.210. The average Bonchev–Trinajstić information content (AvgIpc) is 2.35. The van der Waals surface area contributed by atoms with Crippen molar-refractivity contribution in [1.29, 1.82) is 0 Å². The van der Waals surface area contributed by atoms with Crippen LogP contribution in [0, 0.1) is 5.92 Å². The van der Waals surface area contributed by atoms with Gasteiger partial charge in [0, 0.05) is 0 Å². The van der Waals surface area contributed by atoms with Crippen LogP contribution in [-0.2, 0) is 4.74 Å². The van der Waals surface area contributed by atoms with Crippen LogP contribution in [0.3, 0.4) is 0 Å². The van der Waals surface area contributed by atoms with Crippen LogP contribution in [0.4, 0.5) is 0 Å². The number of ether oxygens (including phenoxy) is 1. The molecule has 1 radical (unpaired) electrons. The second-order valence-corrected chi connectivity index (χ2v) is 7.27. The fraction of sp³-hybridized carbons (Fsp3) is 0.500. The third-order valence-corrected chi connectivity index (χ3v) is 4.38. The van der Waals surface area contributed by atoms with Crippen LogP contribution in [0.15, 0.2) is 24.3 Å². The van der Waals surface area contributed by atoms with Crippen molar-refractivity contribution in [2.75, 3.05) is 6.61 Å². The fourth-order valence-corrected chi connectivity index (χ4v) is 2.19. The molecule has 0 spiro atoms. The molecule has 0 aliphatic carbocycles. The van der Waals surface area contributed by atoms with E-state index in [9.17, 15) is 4.79 Å². The van der Waals surface area contributed by atoms with Gasteiger partial charge in [0.05, 0.1) is 21.0 Å². The van der Waals surface area contributed by atoms with Crippen LogP contribution < -0.4 is 5.19 Å². The molecule has 0 bridgehead atoms. The van der Waals surface area contributed by atoms with Crippen molar-refractivity contribution in [3.05, 3.63) is 29.8 Å². The van der Waals surface area contributed by atoms with E-state index in [0.717, 1.165) is 6.42 Å². The van der Waals surface area contributed by atoms with Gasteiger partial charge in [-0.25, -0.2) is 4.79 Å². The number of hydrogen-bond donors (Lipinski definition) is 0. The molecular weight excluding hydrogens is 228 g/mol. The molecule has 1 unspecified atom stereocenters. The molecule has 1 aromatic rings. The Morgan fingerprint density at radius 3 is 2.35 bits per heavy atom. The summed E-state index contributed by atoms with van der Waals surface area (Å²) < 4.78 is 5.25. The Labute approximate surface area is 106 Å². The topological polar surface area (TPSA) is 26.3 Å². The van der Waals surface area contributed by atoms with Crippen LogP contribution in [-0.4, -0.2) is 21.4 Å². The zero-order chi connectivity index (χ0) is 12.8. The maximum absolute atomic E-state index is 11.7. The summed E-state index contributed by atoms with van der Waals surface area (Å²) in [7, 11) is -0.435. The van der Waals surface area contributed by atoms with E-state index in [1.54, 1.807) is 0 Å². The summed E-state index contributed by atoms with van der Waals surface area (Å²) in [4.78, 5) is 11.7. The first-order valence-corrected chi connectivity index (χ1v) is 8.62. The Balaban J connectivity index is 2.58. The fourth-order valence-electron chi connectivity index (χ4n) is 1.36. The number of hydrogen-bond acceptors (Lipinski definition) is 2. The van der Waals surface area contributed by atoms with Crippen LogP contribution in [0.1, 0.15) is 30.6 Å². The van der Waals surface area contributed by atoms with E-state index in [2.05, 4.69) is 26.9 Å². The predicted molar refractivity (Wildman–Crippen MR) is 73.3 cm³/mol. The number of benzene rings is 1. The lowest BCUT2D eigenvalue weighted by atomic mass is 10.1. The molecule has 0 heterocycles. The number of carbonyl (C=O) groups excluding carboxylic acids is 1. The number of rotatable bonds is 5. The van der Waals surface area contributed by atoms with Crippen LogP contribution in [0.25, 0.3) is 0 Å². The molecule has 0 aromatic heterocycles. The first-order valence-electron chi connectivity index (χ1n) is 6.12. The van der Waals surface area contributed by atoms with Gasteiger partial charge >= 0.3 is 5.97 Å². The van der Waals surface area contributed by atoms with Crippen molar-refractivity contribution in [3.63, 3.8) is 0 Å². The smallest absolute Gasteiger partial charge is 0.338 e. The highest BCUT2D eigenvalue weighted by atomic mass is 28.3. The number of carbonyl (C=O) groups is 1. The summed E-state index contributed by atoms with van der Waals surface area (Å²) in [5.41, 5.74) is 0.653. The van der Waals surface area contributed by atoms with E-state index < -0.39 is 8.80 Å². The van der Waals surface area contributed by atoms with Crippen LogP contribution in [0.5, 0.6) is 0 Å². The van der Waals surface area contributed by atoms with Crippen molar-refractivity contribution in [2.45, 2.75) is 33.4 Å². The summed E-state index contributed by atoms with van der Waals surface area (Å²) in [6.07, 6.45) is 1.03. The van der Waals surface area contributed by atoms with Crippen molar-refractivity contribution in [2.24, 2.45) is 5.92 Å². The van der Waals surface area contributed by atoms with Gasteiger partial charge in [0.15, 0.2) is 0 Å². The normalized spacial score (nSPS) is 12.5. The highest BCUT2D eigenvalue weighted by Gasteiger charge is 2.09. The second kappa shape index (κ2) is 6.60. The van der Waals surface area contributed by atoms with E-state index in [-0.39, 0.29) is 5.97 Å². The van der Waals surface area contributed by atoms with Crippen LogP contribution >= 0.6 is 0 Å². The quantitative estimate of drug-likeness (QED) is 0.592. The molecule has 93 valence electrons. The van der Waals surface area contributed by atoms with Gasteiger partial charge in [0.1, 0.15) is 0 Å². The Morgan fingerprint density at radius 2 is 1.88 bits per heavy atom. The molecule has 2 nitrogen and oxygen atoms in total. The lowest BCUT2D eigenvalue weighted by molar-refractivity contribution is 0.0447. The van der Waals surface area contributed by atoms with Crippen LogP contribution in [0.2, 0.25) is 13.1 Å². The minimum Gasteiger partial charge on any atom is -0.462 e. The molecule has 0 saturated carbocycles. The van der Waals surface area contributed by atoms with Crippen molar-refractivity contribution < 1.29 is 9.53 Å². The van der Waals surface area contributed by atoms with Gasteiger partial charge < -0.3 is 4.74 Å². The van der Waals surface area contributed by atoms with Gasteiger partial charge in [-0.05, 0) is 18.1 Å². The molecule has 0 N–H and O–H groups in total. The maximum atomic E-state index is 11.7. The molecule has 17 heavy (non-hydrogen) atoms. The van der Waals surface area contributed by atoms with Gasteiger partial charge in [-0.2, -0.15) is 0 Å². The van der Waals surface area contributed by atoms with E-state index in [1.165, 1.54) is 5.19 Å². The Bertz CT molecular complexity index is 357. The molecule has 1 aromatic carbocycles. The summed E-state index contributed by atoms with van der Waals surface area (Å²) >= 11 is 0. The van der Waals surface area contributed by atoms with Gasteiger partial charge in [-0.15, -0.1) is 0 Å². The van der Waals surface area contributed by atoms with Crippen molar-refractivity contribution >= 4 is 20.0 Å². The highest BCUT2D eigenvalue weighted by Crippen LogP contribution is 2.05. The summed E-state index contributed by atoms with van der Waals surface area (Å²) in [6, 6.07) is 7.81. The molecule has 0 fully saturated rings. The zero-order valence-corrected chi connectivity index (χ0v) is 12.1. The maximum Gasteiger partial charge on any atom is 0.338 e. The lowest BCUT2D eigenvalue weighted by Crippen LogP contribution is -2.22. The molecule has 0 aliphatic rings. The lowest BCUT2D eigenvalue weighted by Gasteiger charge is -2.10. The molecule has 0 saturated heterocycles. The predicted octanol–water partition coefficient (Wildman–Crippen LogP) is 2.85. The first-order chi connectivity index (χ1) is 8.04. The molecule has 1 atom stereocenters. The van der Waals surface area contributed by atoms with Gasteiger partial charge in [-0.1, -0.05) is 50.7 Å². The van der Waals surface area contributed by atoms with Gasteiger partial charge in [0.25, 0.3) is 0 Å². The Hall–Kier alpha value is -1.09. The third-order valence-electron chi connectivity index (χ3n) is 2.89. The summed E-state index contributed by atoms with van der Waals surface area (Å²) in [5, 5.41) is 1.34. The summed E-state index contributed by atoms with van der Waals surface area (Å²) in [5.74, 6) is 0.220. The standard InChI is InChI=1S/C14H21O2Si/c1-5-11(2)10-16-14(15)12-6-8-13(9-7-12)17(3)4/h6-9,11H,5,10H2,1-4H3. The summed E-state index contributed by atoms with van der Waals surface area (Å²) in [6.45, 7) is 9.16. The van der Waals surface area contributed by atoms with Crippen molar-refractivity contribution in [3.8, 4) is 0 Å². The second-order valence-electron chi connectivity index (χ2n) is 4.69. The van der Waals surface area contributed by atoms with E-state index in [1.807, 2.05) is 24.3 Å². The van der Waals surface area contributed by atoms with E-state index in [0.29, 0.717) is 18.1 Å². The SMILES string of the molecule is CCC(C)COC(=O)c1ccc([Si](C)C)cc1. The molecule has 0 amide bonds. The highest BCUT2D eigenvalue weighted by molar-refractivity contribution is 6.70. The van der Waals surface area contributed by atoms with E-state index in [4.69, 9.17) is 4.74 Å². The van der Waals surface area contributed by atoms with Crippen molar-refractivity contribution in [1.82, 2.24) is 0 Å². The van der Waals surface area contributed by atoms with Gasteiger partial charge in [-0.3, -0.25) is 0 Å². The van der Waals surface area contributed by atoms with Gasteiger partial charge in [0.2, 0.25) is 0 Å². The number of esters is 1. The minimum atomic E-state index is -0.435. The molecule has 0 aliphatic heterocycles. The molecular formula is C14H21O2Si. The monoisotopic (exact) mass is 249 g/mol. The Morgan fingerprint density at radius 1 is 1.29 bits per heavy atom. The molecule has 1 rings (SSSR count).